The molecule has 3 heterocycles. The highest BCUT2D eigenvalue weighted by Gasteiger charge is 2.30. The van der Waals surface area contributed by atoms with Crippen LogP contribution in [-0.4, -0.2) is 25.3 Å². The van der Waals surface area contributed by atoms with E-state index in [1.807, 2.05) is 6.08 Å². The van der Waals surface area contributed by atoms with E-state index in [0.717, 1.165) is 5.70 Å². The maximum absolute atomic E-state index is 10.6. The molecule has 0 radical (unpaired) electrons. The van der Waals surface area contributed by atoms with E-state index in [0.29, 0.717) is 5.82 Å². The summed E-state index contributed by atoms with van der Waals surface area (Å²) in [5.74, 6) is 0.712. The zero-order valence-electron chi connectivity index (χ0n) is 10.1. The van der Waals surface area contributed by atoms with Crippen LogP contribution >= 0.6 is 11.8 Å². The van der Waals surface area contributed by atoms with Crippen LogP contribution in [0.3, 0.4) is 0 Å². The molecule has 0 aromatic carbocycles. The Kier molecular flexibility index (Phi) is 3.07. The van der Waals surface area contributed by atoms with Crippen molar-refractivity contribution in [3.8, 4) is 0 Å². The minimum absolute atomic E-state index is 0.0516. The zero-order valence-corrected chi connectivity index (χ0v) is 10.9. The summed E-state index contributed by atoms with van der Waals surface area (Å²) in [6.07, 6.45) is 6.67. The first-order chi connectivity index (χ1) is 9.65. The number of fused-ring (bicyclic) bond motifs is 1. The summed E-state index contributed by atoms with van der Waals surface area (Å²) < 4.78 is 0. The maximum Gasteiger partial charge on any atom is 0.287 e. The number of aliphatic hydroxyl groups is 1. The van der Waals surface area contributed by atoms with E-state index in [1.54, 1.807) is 28.7 Å². The van der Waals surface area contributed by atoms with Gasteiger partial charge in [0.1, 0.15) is 17.4 Å². The molecular weight excluding hydrogens is 280 g/mol. The molecule has 8 heteroatoms. The van der Waals surface area contributed by atoms with Crippen molar-refractivity contribution in [3.05, 3.63) is 63.8 Å². The van der Waals surface area contributed by atoms with Crippen molar-refractivity contribution < 1.29 is 10.0 Å². The number of allylic oxidation sites excluding steroid dienone is 2. The Balaban J connectivity index is 1.76. The molecule has 2 N–H and O–H groups in total. The summed E-state index contributed by atoms with van der Waals surface area (Å²) in [6, 6.07) is 2.94. The van der Waals surface area contributed by atoms with E-state index in [1.165, 1.54) is 24.0 Å². The molecule has 20 heavy (non-hydrogen) atoms. The van der Waals surface area contributed by atoms with Gasteiger partial charge < -0.3 is 15.3 Å². The fraction of sp³-hybridized carbons (Fsp3) is 0.0833. The lowest BCUT2D eigenvalue weighted by Crippen LogP contribution is -2.30. The van der Waals surface area contributed by atoms with Crippen LogP contribution < -0.4 is 5.32 Å². The van der Waals surface area contributed by atoms with Crippen molar-refractivity contribution in [1.82, 2.24) is 9.88 Å². The number of pyridine rings is 1. The smallest absolute Gasteiger partial charge is 0.287 e. The molecule has 1 atom stereocenters. The minimum Gasteiger partial charge on any atom is -0.494 e. The number of nitro groups is 1. The lowest BCUT2D eigenvalue weighted by Gasteiger charge is -2.27. The van der Waals surface area contributed by atoms with Gasteiger partial charge in [0.05, 0.1) is 10.6 Å². The third-order valence-corrected chi connectivity index (χ3v) is 3.92. The molecule has 7 nitrogen and oxygen atoms in total. The SMILES string of the molecule is O=[N+]([O-])c1ccc(NC2=CC=CN3C(O)=CSC23)nc1. The first kappa shape index (κ1) is 12.5. The Morgan fingerprint density at radius 1 is 1.50 bits per heavy atom. The summed E-state index contributed by atoms with van der Waals surface area (Å²) in [5, 5.41) is 24.9. The van der Waals surface area contributed by atoms with Gasteiger partial charge in [0.15, 0.2) is 5.88 Å². The zero-order chi connectivity index (χ0) is 14.1. The molecule has 0 spiro atoms. The van der Waals surface area contributed by atoms with Crippen molar-refractivity contribution in [2.24, 2.45) is 0 Å². The lowest BCUT2D eigenvalue weighted by molar-refractivity contribution is -0.385. The van der Waals surface area contributed by atoms with Crippen LogP contribution in [-0.2, 0) is 0 Å². The predicted octanol–water partition coefficient (Wildman–Crippen LogP) is 2.54. The molecule has 1 aromatic rings. The van der Waals surface area contributed by atoms with E-state index in [-0.39, 0.29) is 16.9 Å². The monoisotopic (exact) mass is 290 g/mol. The van der Waals surface area contributed by atoms with Crippen LogP contribution in [0.25, 0.3) is 0 Å². The molecule has 0 amide bonds. The van der Waals surface area contributed by atoms with Gasteiger partial charge in [-0.15, -0.1) is 0 Å². The summed E-state index contributed by atoms with van der Waals surface area (Å²) in [4.78, 5) is 15.8. The molecule has 0 saturated carbocycles. The Labute approximate surface area is 118 Å². The van der Waals surface area contributed by atoms with Gasteiger partial charge in [-0.05, 0) is 18.2 Å². The third kappa shape index (κ3) is 2.21. The second kappa shape index (κ2) is 4.89. The molecule has 102 valence electrons. The predicted molar refractivity (Wildman–Crippen MR) is 75.7 cm³/mol. The fourth-order valence-corrected chi connectivity index (χ4v) is 2.86. The van der Waals surface area contributed by atoms with Gasteiger partial charge in [-0.1, -0.05) is 11.8 Å². The molecule has 0 saturated heterocycles. The van der Waals surface area contributed by atoms with Gasteiger partial charge in [0, 0.05) is 17.7 Å². The molecule has 2 aliphatic heterocycles. The van der Waals surface area contributed by atoms with Crippen molar-refractivity contribution in [1.29, 1.82) is 0 Å². The highest BCUT2D eigenvalue weighted by molar-refractivity contribution is 8.03. The molecule has 3 rings (SSSR count). The average Bonchev–Trinajstić information content (AvgIpc) is 2.82. The molecule has 1 aromatic heterocycles. The van der Waals surface area contributed by atoms with Crippen LogP contribution in [0, 0.1) is 10.1 Å². The van der Waals surface area contributed by atoms with Gasteiger partial charge in [-0.3, -0.25) is 10.1 Å². The number of anilines is 1. The number of thioether (sulfide) groups is 1. The standard InChI is InChI=1S/C12H10N4O3S/c17-11-7-20-12-9(2-1-5-15(11)12)14-10-4-3-8(6-13-10)16(18)19/h1-7,12,17H,(H,13,14). The largest absolute Gasteiger partial charge is 0.494 e. The van der Waals surface area contributed by atoms with Crippen LogP contribution in [0.4, 0.5) is 11.5 Å². The van der Waals surface area contributed by atoms with Gasteiger partial charge in [0.2, 0.25) is 0 Å². The summed E-state index contributed by atoms with van der Waals surface area (Å²) in [5.41, 5.74) is 0.795. The Hall–Kier alpha value is -2.48. The van der Waals surface area contributed by atoms with Gasteiger partial charge in [-0.2, -0.15) is 0 Å². The highest BCUT2D eigenvalue weighted by atomic mass is 32.2. The summed E-state index contributed by atoms with van der Waals surface area (Å²) >= 11 is 1.47. The molecule has 2 aliphatic rings. The second-order valence-corrected chi connectivity index (χ2v) is 5.07. The number of nitrogens with zero attached hydrogens (tertiary/aromatic N) is 3. The van der Waals surface area contributed by atoms with Crippen LogP contribution in [0.15, 0.2) is 53.7 Å². The quantitative estimate of drug-likeness (QED) is 0.652. The average molecular weight is 290 g/mol. The summed E-state index contributed by atoms with van der Waals surface area (Å²) in [6.45, 7) is 0. The van der Waals surface area contributed by atoms with E-state index in [4.69, 9.17) is 0 Å². The van der Waals surface area contributed by atoms with Crippen molar-refractivity contribution in [2.45, 2.75) is 5.37 Å². The second-order valence-electron chi connectivity index (χ2n) is 4.12. The van der Waals surface area contributed by atoms with E-state index >= 15 is 0 Å². The van der Waals surface area contributed by atoms with Crippen LogP contribution in [0.2, 0.25) is 0 Å². The minimum atomic E-state index is -0.490. The first-order valence-corrected chi connectivity index (χ1v) is 6.68. The molecule has 1 unspecified atom stereocenters. The number of hydrogen-bond acceptors (Lipinski definition) is 7. The first-order valence-electron chi connectivity index (χ1n) is 5.74. The van der Waals surface area contributed by atoms with Gasteiger partial charge in [-0.25, -0.2) is 4.98 Å². The normalized spacial score (nSPS) is 20.2. The van der Waals surface area contributed by atoms with Crippen molar-refractivity contribution in [2.75, 3.05) is 5.32 Å². The van der Waals surface area contributed by atoms with E-state index in [2.05, 4.69) is 10.3 Å². The Morgan fingerprint density at radius 2 is 2.35 bits per heavy atom. The number of nitrogens with one attached hydrogen (secondary N) is 1. The number of rotatable bonds is 3. The van der Waals surface area contributed by atoms with Crippen LogP contribution in [0.1, 0.15) is 0 Å². The molecule has 0 fully saturated rings. The Bertz CT molecular complexity index is 639. The Morgan fingerprint density at radius 3 is 3.05 bits per heavy atom. The maximum atomic E-state index is 10.6. The van der Waals surface area contributed by atoms with Crippen molar-refractivity contribution in [3.63, 3.8) is 0 Å². The van der Waals surface area contributed by atoms with Gasteiger partial charge in [0.25, 0.3) is 5.69 Å². The molecule has 0 aliphatic carbocycles. The number of aliphatic hydroxyl groups excluding tert-OH is 1. The van der Waals surface area contributed by atoms with Gasteiger partial charge >= 0.3 is 0 Å². The van der Waals surface area contributed by atoms with E-state index < -0.39 is 4.92 Å². The highest BCUT2D eigenvalue weighted by Crippen LogP contribution is 2.36. The molecular formula is C12H10N4O3S. The fourth-order valence-electron chi connectivity index (χ4n) is 1.89. The number of hydrogen-bond donors (Lipinski definition) is 2. The topological polar surface area (TPSA) is 91.5 Å². The van der Waals surface area contributed by atoms with Crippen LogP contribution in [0.5, 0.6) is 0 Å². The molecule has 0 bridgehead atoms. The summed E-state index contributed by atoms with van der Waals surface area (Å²) in [7, 11) is 0. The van der Waals surface area contributed by atoms with Crippen molar-refractivity contribution >= 4 is 23.3 Å². The third-order valence-electron chi connectivity index (χ3n) is 2.84. The number of aromatic nitrogens is 1. The van der Waals surface area contributed by atoms with E-state index in [9.17, 15) is 15.2 Å². The lowest BCUT2D eigenvalue weighted by atomic mass is 10.3.